The lowest BCUT2D eigenvalue weighted by molar-refractivity contribution is -0.168. The summed E-state index contributed by atoms with van der Waals surface area (Å²) in [5.41, 5.74) is 3.49. The van der Waals surface area contributed by atoms with E-state index in [2.05, 4.69) is 31.0 Å². The van der Waals surface area contributed by atoms with Crippen molar-refractivity contribution in [3.63, 3.8) is 0 Å². The molecule has 3 heteroatoms. The lowest BCUT2D eigenvalue weighted by atomic mass is 9.47. The third kappa shape index (κ3) is 2.69. The number of aromatic nitrogens is 1. The highest BCUT2D eigenvalue weighted by atomic mass is 16.5. The van der Waals surface area contributed by atoms with E-state index in [0.717, 1.165) is 30.1 Å². The van der Waals surface area contributed by atoms with Gasteiger partial charge < -0.3 is 9.47 Å². The van der Waals surface area contributed by atoms with Crippen LogP contribution in [0, 0.1) is 28.6 Å². The average molecular weight is 382 g/mol. The minimum Gasteiger partial charge on any atom is -0.492 e. The second-order valence-corrected chi connectivity index (χ2v) is 10.1. The van der Waals surface area contributed by atoms with Crippen LogP contribution in [0.1, 0.15) is 71.3 Å². The van der Waals surface area contributed by atoms with Crippen molar-refractivity contribution in [2.24, 2.45) is 28.6 Å². The molecule has 0 unspecified atom stereocenters. The molecule has 0 bridgehead atoms. The van der Waals surface area contributed by atoms with Crippen LogP contribution in [0.15, 0.2) is 24.5 Å². The van der Waals surface area contributed by atoms with Crippen molar-refractivity contribution in [3.8, 4) is 5.75 Å². The molecule has 0 amide bonds. The summed E-state index contributed by atoms with van der Waals surface area (Å²) in [4.78, 5) is 4.48. The van der Waals surface area contributed by atoms with Gasteiger partial charge in [-0.3, -0.25) is 4.98 Å². The van der Waals surface area contributed by atoms with Crippen LogP contribution >= 0.6 is 0 Å². The highest BCUT2D eigenvalue weighted by molar-refractivity contribution is 5.73. The van der Waals surface area contributed by atoms with Crippen LogP contribution in [0.5, 0.6) is 5.75 Å². The summed E-state index contributed by atoms with van der Waals surface area (Å²) < 4.78 is 12.0. The molecule has 6 atom stereocenters. The van der Waals surface area contributed by atoms with Gasteiger partial charge in [-0.25, -0.2) is 0 Å². The zero-order valence-electron chi connectivity index (χ0n) is 17.7. The van der Waals surface area contributed by atoms with E-state index in [1.165, 1.54) is 56.1 Å². The standard InChI is InChI=1S/C25H35NO2/c1-4-27-18-14-17(15-26-16-18)20-7-8-21-19-6-9-23-25(3,11-5-13-28-23)22(19)10-12-24(20,21)2/h7,14-16,19,21-23H,4-6,8-13H2,1-3H3/t19-,21-,22-,23-,24+,25+/m0/s1. The Kier molecular flexibility index (Phi) is 4.58. The van der Waals surface area contributed by atoms with E-state index in [0.29, 0.717) is 18.1 Å². The zero-order valence-corrected chi connectivity index (χ0v) is 17.7. The molecule has 0 radical (unpaired) electrons. The van der Waals surface area contributed by atoms with Gasteiger partial charge in [0.2, 0.25) is 0 Å². The molecule has 28 heavy (non-hydrogen) atoms. The number of hydrogen-bond acceptors (Lipinski definition) is 3. The topological polar surface area (TPSA) is 31.4 Å². The number of ether oxygens (including phenoxy) is 2. The summed E-state index contributed by atoms with van der Waals surface area (Å²) in [7, 11) is 0. The van der Waals surface area contributed by atoms with Gasteiger partial charge in [0.05, 0.1) is 18.9 Å². The summed E-state index contributed by atoms with van der Waals surface area (Å²) in [5.74, 6) is 3.36. The monoisotopic (exact) mass is 381 g/mol. The first-order valence-corrected chi connectivity index (χ1v) is 11.5. The van der Waals surface area contributed by atoms with Crippen molar-refractivity contribution in [1.29, 1.82) is 0 Å². The Balaban J connectivity index is 1.43. The molecular formula is C25H35NO2. The van der Waals surface area contributed by atoms with Crippen LogP contribution in [-0.2, 0) is 4.74 Å². The maximum atomic E-state index is 6.26. The van der Waals surface area contributed by atoms with Gasteiger partial charge in [-0.2, -0.15) is 0 Å². The smallest absolute Gasteiger partial charge is 0.138 e. The van der Waals surface area contributed by atoms with E-state index in [4.69, 9.17) is 9.47 Å². The van der Waals surface area contributed by atoms with E-state index in [1.54, 1.807) is 0 Å². The molecule has 1 aromatic heterocycles. The van der Waals surface area contributed by atoms with Crippen LogP contribution in [0.2, 0.25) is 0 Å². The minimum atomic E-state index is 0.284. The van der Waals surface area contributed by atoms with Crippen LogP contribution in [0.25, 0.3) is 5.57 Å². The maximum Gasteiger partial charge on any atom is 0.138 e. The zero-order chi connectivity index (χ0) is 19.4. The fourth-order valence-corrected chi connectivity index (χ4v) is 7.55. The first-order valence-electron chi connectivity index (χ1n) is 11.5. The SMILES string of the molecule is CCOc1cncc(C2=CC[C@H]3[C@@H]4CC[C@@H]5OCCC[C@]5(C)[C@H]4CC[C@]23C)c1. The van der Waals surface area contributed by atoms with Gasteiger partial charge in [-0.15, -0.1) is 0 Å². The molecule has 2 heterocycles. The van der Waals surface area contributed by atoms with E-state index in [-0.39, 0.29) is 5.41 Å². The predicted molar refractivity (Wildman–Crippen MR) is 112 cm³/mol. The molecule has 2 saturated carbocycles. The van der Waals surface area contributed by atoms with Crippen LogP contribution in [0.3, 0.4) is 0 Å². The third-order valence-corrected chi connectivity index (χ3v) is 8.88. The molecular weight excluding hydrogens is 346 g/mol. The predicted octanol–water partition coefficient (Wildman–Crippen LogP) is 5.90. The highest BCUT2D eigenvalue weighted by Crippen LogP contribution is 2.66. The van der Waals surface area contributed by atoms with Crippen molar-refractivity contribution in [2.75, 3.05) is 13.2 Å². The number of hydrogen-bond donors (Lipinski definition) is 0. The Hall–Kier alpha value is -1.35. The van der Waals surface area contributed by atoms with Gasteiger partial charge in [-0.1, -0.05) is 19.9 Å². The number of rotatable bonds is 3. The second kappa shape index (κ2) is 6.86. The fourth-order valence-electron chi connectivity index (χ4n) is 7.55. The maximum absolute atomic E-state index is 6.26. The highest BCUT2D eigenvalue weighted by Gasteiger charge is 2.58. The minimum absolute atomic E-state index is 0.284. The largest absolute Gasteiger partial charge is 0.492 e. The normalized spacial score (nSPS) is 42.2. The van der Waals surface area contributed by atoms with Gasteiger partial charge in [0.1, 0.15) is 5.75 Å². The van der Waals surface area contributed by atoms with Crippen LogP contribution < -0.4 is 4.74 Å². The fraction of sp³-hybridized carbons (Fsp3) is 0.720. The van der Waals surface area contributed by atoms with Gasteiger partial charge in [-0.05, 0) is 97.7 Å². The van der Waals surface area contributed by atoms with Gasteiger partial charge in [0, 0.05) is 12.8 Å². The van der Waals surface area contributed by atoms with Crippen molar-refractivity contribution in [2.45, 2.75) is 71.8 Å². The average Bonchev–Trinajstić information content (AvgIpc) is 3.05. The lowest BCUT2D eigenvalue weighted by Gasteiger charge is -2.59. The molecule has 4 aliphatic rings. The summed E-state index contributed by atoms with van der Waals surface area (Å²) in [6.45, 7) is 8.79. The number of nitrogens with zero attached hydrogens (tertiary/aromatic N) is 1. The van der Waals surface area contributed by atoms with E-state index < -0.39 is 0 Å². The first-order chi connectivity index (χ1) is 13.6. The molecule has 0 aromatic carbocycles. The van der Waals surface area contributed by atoms with E-state index in [9.17, 15) is 0 Å². The number of fused-ring (bicyclic) bond motifs is 5. The van der Waals surface area contributed by atoms with Crippen molar-refractivity contribution in [3.05, 3.63) is 30.1 Å². The quantitative estimate of drug-likeness (QED) is 0.653. The molecule has 0 N–H and O–H groups in total. The molecule has 152 valence electrons. The van der Waals surface area contributed by atoms with Gasteiger partial charge in [0.15, 0.2) is 0 Å². The molecule has 0 spiro atoms. The summed E-state index contributed by atoms with van der Waals surface area (Å²) in [5, 5.41) is 0. The van der Waals surface area contributed by atoms with Crippen LogP contribution in [0.4, 0.5) is 0 Å². The van der Waals surface area contributed by atoms with Crippen molar-refractivity contribution >= 4 is 5.57 Å². The molecule has 3 fully saturated rings. The lowest BCUT2D eigenvalue weighted by Crippen LogP contribution is -2.55. The molecule has 1 aliphatic heterocycles. The van der Waals surface area contributed by atoms with Gasteiger partial charge >= 0.3 is 0 Å². The van der Waals surface area contributed by atoms with Crippen LogP contribution in [-0.4, -0.2) is 24.3 Å². The molecule has 5 rings (SSSR count). The number of pyridine rings is 1. The Morgan fingerprint density at radius 2 is 2.04 bits per heavy atom. The summed E-state index contributed by atoms with van der Waals surface area (Å²) in [6.07, 6.45) is 16.0. The second-order valence-electron chi connectivity index (χ2n) is 10.1. The molecule has 1 aromatic rings. The Labute approximate surface area is 169 Å². The molecule has 3 aliphatic carbocycles. The third-order valence-electron chi connectivity index (χ3n) is 8.88. The van der Waals surface area contributed by atoms with E-state index >= 15 is 0 Å². The van der Waals surface area contributed by atoms with Gasteiger partial charge in [0.25, 0.3) is 0 Å². The Bertz CT molecular complexity index is 774. The first kappa shape index (κ1) is 18.7. The summed E-state index contributed by atoms with van der Waals surface area (Å²) >= 11 is 0. The van der Waals surface area contributed by atoms with Crippen molar-refractivity contribution in [1.82, 2.24) is 4.98 Å². The summed E-state index contributed by atoms with van der Waals surface area (Å²) in [6, 6.07) is 2.20. The Morgan fingerprint density at radius 1 is 1.14 bits per heavy atom. The van der Waals surface area contributed by atoms with E-state index in [1.807, 2.05) is 19.3 Å². The number of allylic oxidation sites excluding steroid dienone is 2. The Morgan fingerprint density at radius 3 is 2.89 bits per heavy atom. The molecule has 1 saturated heterocycles. The molecule has 3 nitrogen and oxygen atoms in total. The van der Waals surface area contributed by atoms with Crippen molar-refractivity contribution < 1.29 is 9.47 Å².